The highest BCUT2D eigenvalue weighted by Crippen LogP contribution is 2.29. The van der Waals surface area contributed by atoms with E-state index in [1.165, 1.54) is 24.4 Å². The first-order valence-electron chi connectivity index (χ1n) is 11.5. The molecule has 11 heteroatoms. The van der Waals surface area contributed by atoms with E-state index in [0.29, 0.717) is 11.3 Å². The number of nitrogens with one attached hydrogen (secondary N) is 3. The number of carbonyl (C=O) groups is 4. The van der Waals surface area contributed by atoms with Gasteiger partial charge in [0.05, 0.1) is 6.26 Å². The van der Waals surface area contributed by atoms with Crippen molar-refractivity contribution in [3.05, 3.63) is 54.0 Å². The number of furan rings is 1. The average molecular weight is 498 g/mol. The van der Waals surface area contributed by atoms with E-state index >= 15 is 0 Å². The molecule has 1 aromatic heterocycles. The van der Waals surface area contributed by atoms with Gasteiger partial charge in [0.15, 0.2) is 10.9 Å². The van der Waals surface area contributed by atoms with Gasteiger partial charge in [-0.2, -0.15) is 4.99 Å². The van der Waals surface area contributed by atoms with Crippen molar-refractivity contribution in [2.75, 3.05) is 31.5 Å². The maximum Gasteiger partial charge on any atom is 0.287 e. The zero-order valence-electron chi connectivity index (χ0n) is 19.1. The number of hydrogen-bond donors (Lipinski definition) is 3. The Balaban J connectivity index is 1.18. The van der Waals surface area contributed by atoms with Gasteiger partial charge in [0.25, 0.3) is 17.7 Å². The lowest BCUT2D eigenvalue weighted by Crippen LogP contribution is -2.34. The SMILES string of the molecule is O=C(CC1SC(N2CCCCC2)=NC1=O)Nc1ccc(C(=O)NCCNC(=O)c2ccco2)cc1. The minimum Gasteiger partial charge on any atom is -0.459 e. The molecule has 10 nitrogen and oxygen atoms in total. The van der Waals surface area contributed by atoms with E-state index in [2.05, 4.69) is 25.8 Å². The number of anilines is 1. The molecule has 0 saturated carbocycles. The molecule has 35 heavy (non-hydrogen) atoms. The van der Waals surface area contributed by atoms with Crippen LogP contribution >= 0.6 is 11.8 Å². The van der Waals surface area contributed by atoms with Crippen LogP contribution < -0.4 is 16.0 Å². The van der Waals surface area contributed by atoms with Gasteiger partial charge in [-0.3, -0.25) is 19.2 Å². The first-order valence-corrected chi connectivity index (χ1v) is 12.4. The highest BCUT2D eigenvalue weighted by Gasteiger charge is 2.33. The van der Waals surface area contributed by atoms with Crippen molar-refractivity contribution in [3.8, 4) is 0 Å². The Hall–Kier alpha value is -3.60. The number of hydrogen-bond acceptors (Lipinski definition) is 7. The predicted molar refractivity (Wildman–Crippen MR) is 132 cm³/mol. The summed E-state index contributed by atoms with van der Waals surface area (Å²) in [5.41, 5.74) is 0.950. The molecule has 0 radical (unpaired) electrons. The third kappa shape index (κ3) is 6.72. The Bertz CT molecular complexity index is 1090. The van der Waals surface area contributed by atoms with Gasteiger partial charge in [-0.05, 0) is 55.7 Å². The van der Waals surface area contributed by atoms with Crippen molar-refractivity contribution < 1.29 is 23.6 Å². The van der Waals surface area contributed by atoms with Crippen molar-refractivity contribution >= 4 is 46.2 Å². The van der Waals surface area contributed by atoms with Crippen LogP contribution in [0.4, 0.5) is 5.69 Å². The fraction of sp³-hybridized carbons (Fsp3) is 0.375. The number of rotatable bonds is 8. The summed E-state index contributed by atoms with van der Waals surface area (Å²) in [4.78, 5) is 55.1. The molecular formula is C24H27N5O5S. The van der Waals surface area contributed by atoms with E-state index in [4.69, 9.17) is 4.42 Å². The van der Waals surface area contributed by atoms with Gasteiger partial charge in [-0.1, -0.05) is 11.8 Å². The number of benzene rings is 1. The molecule has 1 atom stereocenters. The highest BCUT2D eigenvalue weighted by molar-refractivity contribution is 8.15. The summed E-state index contributed by atoms with van der Waals surface area (Å²) in [5, 5.41) is 8.35. The topological polar surface area (TPSA) is 133 Å². The van der Waals surface area contributed by atoms with E-state index in [0.717, 1.165) is 31.1 Å². The molecular weight excluding hydrogens is 470 g/mol. The zero-order chi connectivity index (χ0) is 24.6. The number of amidine groups is 1. The van der Waals surface area contributed by atoms with Crippen LogP contribution in [0.2, 0.25) is 0 Å². The maximum absolute atomic E-state index is 12.5. The number of amides is 4. The Morgan fingerprint density at radius 3 is 2.40 bits per heavy atom. The summed E-state index contributed by atoms with van der Waals surface area (Å²) in [6.07, 6.45) is 4.83. The molecule has 1 fully saturated rings. The Kier molecular flexibility index (Phi) is 8.19. The molecule has 4 rings (SSSR count). The molecule has 0 aliphatic carbocycles. The van der Waals surface area contributed by atoms with Crippen molar-refractivity contribution in [3.63, 3.8) is 0 Å². The molecule has 1 saturated heterocycles. The van der Waals surface area contributed by atoms with Crippen molar-refractivity contribution in [2.24, 2.45) is 4.99 Å². The molecule has 184 valence electrons. The summed E-state index contributed by atoms with van der Waals surface area (Å²) in [7, 11) is 0. The molecule has 2 aliphatic heterocycles. The van der Waals surface area contributed by atoms with Crippen LogP contribution in [0, 0.1) is 0 Å². The monoisotopic (exact) mass is 497 g/mol. The minimum atomic E-state index is -0.509. The number of thioether (sulfide) groups is 1. The van der Waals surface area contributed by atoms with Crippen LogP contribution in [-0.2, 0) is 9.59 Å². The van der Waals surface area contributed by atoms with Gasteiger partial charge >= 0.3 is 0 Å². The predicted octanol–water partition coefficient (Wildman–Crippen LogP) is 2.25. The third-order valence-corrected chi connectivity index (χ3v) is 6.81. The molecule has 1 unspecified atom stereocenters. The second-order valence-corrected chi connectivity index (χ2v) is 9.38. The Morgan fingerprint density at radius 2 is 1.71 bits per heavy atom. The lowest BCUT2D eigenvalue weighted by atomic mass is 10.1. The fourth-order valence-electron chi connectivity index (χ4n) is 3.76. The van der Waals surface area contributed by atoms with E-state index < -0.39 is 5.25 Å². The smallest absolute Gasteiger partial charge is 0.287 e. The van der Waals surface area contributed by atoms with Crippen LogP contribution in [0.3, 0.4) is 0 Å². The first kappa shape index (κ1) is 24.5. The van der Waals surface area contributed by atoms with E-state index in [1.807, 2.05) is 0 Å². The second-order valence-electron chi connectivity index (χ2n) is 8.21. The highest BCUT2D eigenvalue weighted by atomic mass is 32.2. The second kappa shape index (κ2) is 11.7. The first-order chi connectivity index (χ1) is 17.0. The molecule has 2 aromatic rings. The number of likely N-dealkylation sites (tertiary alicyclic amines) is 1. The van der Waals surface area contributed by atoms with E-state index in [9.17, 15) is 19.2 Å². The van der Waals surface area contributed by atoms with Gasteiger partial charge in [0, 0.05) is 43.9 Å². The summed E-state index contributed by atoms with van der Waals surface area (Å²) < 4.78 is 5.00. The van der Waals surface area contributed by atoms with Crippen LogP contribution in [0.25, 0.3) is 0 Å². The number of piperidine rings is 1. The fourth-order valence-corrected chi connectivity index (χ4v) is 4.88. The summed E-state index contributed by atoms with van der Waals surface area (Å²) in [6, 6.07) is 9.63. The maximum atomic E-state index is 12.5. The molecule has 3 N–H and O–H groups in total. The van der Waals surface area contributed by atoms with Crippen molar-refractivity contribution in [2.45, 2.75) is 30.9 Å². The molecule has 3 heterocycles. The molecule has 0 spiro atoms. The third-order valence-electron chi connectivity index (χ3n) is 5.60. The molecule has 0 bridgehead atoms. The summed E-state index contributed by atoms with van der Waals surface area (Å²) in [5.74, 6) is -0.991. The largest absolute Gasteiger partial charge is 0.459 e. The number of nitrogens with zero attached hydrogens (tertiary/aromatic N) is 2. The van der Waals surface area contributed by atoms with Crippen molar-refractivity contribution in [1.29, 1.82) is 0 Å². The minimum absolute atomic E-state index is 0.0380. The normalized spacial score (nSPS) is 17.6. The van der Waals surface area contributed by atoms with Crippen LogP contribution in [0.15, 0.2) is 52.1 Å². The van der Waals surface area contributed by atoms with Gasteiger partial charge < -0.3 is 25.3 Å². The Labute approximate surface area is 206 Å². The van der Waals surface area contributed by atoms with Crippen molar-refractivity contribution in [1.82, 2.24) is 15.5 Å². The van der Waals surface area contributed by atoms with Crippen LogP contribution in [0.5, 0.6) is 0 Å². The zero-order valence-corrected chi connectivity index (χ0v) is 19.9. The Morgan fingerprint density at radius 1 is 1.00 bits per heavy atom. The van der Waals surface area contributed by atoms with Gasteiger partial charge in [0.2, 0.25) is 5.91 Å². The number of carbonyl (C=O) groups excluding carboxylic acids is 4. The molecule has 4 amide bonds. The lowest BCUT2D eigenvalue weighted by molar-refractivity contribution is -0.121. The van der Waals surface area contributed by atoms with Gasteiger partial charge in [0.1, 0.15) is 5.25 Å². The van der Waals surface area contributed by atoms with Crippen LogP contribution in [-0.4, -0.2) is 65.1 Å². The summed E-state index contributed by atoms with van der Waals surface area (Å²) >= 11 is 1.36. The quantitative estimate of drug-likeness (QED) is 0.477. The number of aliphatic imine (C=N–C) groups is 1. The van der Waals surface area contributed by atoms with Crippen LogP contribution in [0.1, 0.15) is 46.6 Å². The standard InChI is InChI=1S/C24H27N5O5S/c30-20(15-19-23(33)28-24(35-19)29-12-2-1-3-13-29)27-17-8-6-16(7-9-17)21(31)25-10-11-26-22(32)18-5-4-14-34-18/h4-9,14,19H,1-3,10-13,15H2,(H,25,31)(H,26,32)(H,27,30). The molecule has 1 aromatic carbocycles. The van der Waals surface area contributed by atoms with E-state index in [-0.39, 0.29) is 48.9 Å². The van der Waals surface area contributed by atoms with Gasteiger partial charge in [-0.15, -0.1) is 0 Å². The summed E-state index contributed by atoms with van der Waals surface area (Å²) in [6.45, 7) is 2.30. The van der Waals surface area contributed by atoms with E-state index in [1.54, 1.807) is 36.4 Å². The average Bonchev–Trinajstić information content (AvgIpc) is 3.53. The molecule has 2 aliphatic rings. The lowest BCUT2D eigenvalue weighted by Gasteiger charge is -2.27. The van der Waals surface area contributed by atoms with Gasteiger partial charge in [-0.25, -0.2) is 0 Å².